The van der Waals surface area contributed by atoms with Crippen LogP contribution in [-0.4, -0.2) is 18.5 Å². The van der Waals surface area contributed by atoms with E-state index in [2.05, 4.69) is 4.74 Å². The second-order valence-electron chi connectivity index (χ2n) is 3.82. The van der Waals surface area contributed by atoms with Crippen LogP contribution in [0.4, 0.5) is 13.2 Å². The molecule has 0 spiro atoms. The molecule has 1 atom stereocenters. The molecular formula is C12H15ClF3NO2. The summed E-state index contributed by atoms with van der Waals surface area (Å²) >= 11 is 0. The van der Waals surface area contributed by atoms with Crippen molar-refractivity contribution in [2.45, 2.75) is 25.8 Å². The van der Waals surface area contributed by atoms with Gasteiger partial charge in [0.2, 0.25) is 0 Å². The summed E-state index contributed by atoms with van der Waals surface area (Å²) in [5, 5.41) is 0. The molecule has 0 aromatic heterocycles. The lowest BCUT2D eigenvalue weighted by Gasteiger charge is -2.23. The molecule has 1 rings (SSSR count). The van der Waals surface area contributed by atoms with Gasteiger partial charge in [-0.1, -0.05) is 6.07 Å². The number of carbonyl (C=O) groups excluding carboxylic acids is 1. The third-order valence-electron chi connectivity index (χ3n) is 2.51. The zero-order valence-corrected chi connectivity index (χ0v) is 11.3. The Morgan fingerprint density at radius 1 is 1.47 bits per heavy atom. The number of alkyl halides is 2. The molecule has 0 aliphatic carbocycles. The molecule has 108 valence electrons. The topological polar surface area (TPSA) is 52.3 Å². The minimum atomic E-state index is -3.85. The van der Waals surface area contributed by atoms with Crippen LogP contribution in [-0.2, 0) is 9.53 Å². The van der Waals surface area contributed by atoms with Crippen LogP contribution in [0.5, 0.6) is 0 Å². The number of hydrogen-bond donors (Lipinski definition) is 1. The Kier molecular flexibility index (Phi) is 6.32. The van der Waals surface area contributed by atoms with Gasteiger partial charge in [0.1, 0.15) is 11.9 Å². The number of rotatable bonds is 4. The summed E-state index contributed by atoms with van der Waals surface area (Å²) in [6.07, 6.45) is 0. The Morgan fingerprint density at radius 3 is 2.53 bits per heavy atom. The van der Waals surface area contributed by atoms with Crippen molar-refractivity contribution in [1.29, 1.82) is 0 Å². The van der Waals surface area contributed by atoms with Crippen molar-refractivity contribution in [3.8, 4) is 0 Å². The quantitative estimate of drug-likeness (QED) is 0.870. The van der Waals surface area contributed by atoms with E-state index in [4.69, 9.17) is 5.73 Å². The number of nitrogens with two attached hydrogens (primary N) is 1. The molecule has 0 bridgehead atoms. The summed E-state index contributed by atoms with van der Waals surface area (Å²) in [7, 11) is 0. The average Bonchev–Trinajstić information content (AvgIpc) is 2.28. The van der Waals surface area contributed by atoms with E-state index < -0.39 is 23.8 Å². The molecular weight excluding hydrogens is 283 g/mol. The van der Waals surface area contributed by atoms with Crippen molar-refractivity contribution >= 4 is 18.4 Å². The molecule has 1 aromatic carbocycles. The third kappa shape index (κ3) is 3.84. The van der Waals surface area contributed by atoms with Crippen LogP contribution in [0.15, 0.2) is 18.2 Å². The Hall–Kier alpha value is -1.27. The Labute approximate surface area is 115 Å². The van der Waals surface area contributed by atoms with Gasteiger partial charge < -0.3 is 10.5 Å². The van der Waals surface area contributed by atoms with Crippen molar-refractivity contribution < 1.29 is 22.7 Å². The molecule has 3 nitrogen and oxygen atoms in total. The highest BCUT2D eigenvalue weighted by Gasteiger charge is 2.48. The van der Waals surface area contributed by atoms with Crippen LogP contribution in [0.25, 0.3) is 0 Å². The summed E-state index contributed by atoms with van der Waals surface area (Å²) in [5.74, 6) is -6.08. The predicted octanol–water partition coefficient (Wildman–Crippen LogP) is 2.75. The molecule has 7 heteroatoms. The maximum atomic E-state index is 13.7. The largest absolute Gasteiger partial charge is 0.462 e. The zero-order valence-electron chi connectivity index (χ0n) is 10.5. The molecule has 0 unspecified atom stereocenters. The number of ether oxygens (including phenoxy) is 1. The van der Waals surface area contributed by atoms with E-state index in [-0.39, 0.29) is 30.1 Å². The minimum absolute atomic E-state index is 0. The van der Waals surface area contributed by atoms with E-state index in [1.165, 1.54) is 13.8 Å². The summed E-state index contributed by atoms with van der Waals surface area (Å²) in [4.78, 5) is 11.1. The third-order valence-corrected chi connectivity index (χ3v) is 2.51. The number of aryl methyl sites for hydroxylation is 1. The molecule has 19 heavy (non-hydrogen) atoms. The first-order valence-corrected chi connectivity index (χ1v) is 5.37. The van der Waals surface area contributed by atoms with Crippen LogP contribution < -0.4 is 5.73 Å². The second-order valence-corrected chi connectivity index (χ2v) is 3.82. The molecule has 0 amide bonds. The first-order chi connectivity index (χ1) is 8.30. The molecule has 0 aliphatic rings. The lowest BCUT2D eigenvalue weighted by Crippen LogP contribution is -2.42. The second kappa shape index (κ2) is 6.77. The predicted molar refractivity (Wildman–Crippen MR) is 66.9 cm³/mol. The van der Waals surface area contributed by atoms with Gasteiger partial charge in [-0.2, -0.15) is 8.78 Å². The summed E-state index contributed by atoms with van der Waals surface area (Å²) in [6.45, 7) is 2.70. The standard InChI is InChI=1S/C12H14F3NO2.ClH/c1-3-18-11(17)12(14,15)10(16)9-5-4-8(13)6-7(9)2;/h4-6,10H,3,16H2,1-2H3;1H/t10-;/m1./s1. The Balaban J connectivity index is 0.00000324. The van der Waals surface area contributed by atoms with E-state index in [0.717, 1.165) is 18.2 Å². The maximum Gasteiger partial charge on any atom is 0.379 e. The molecule has 0 radical (unpaired) electrons. The van der Waals surface area contributed by atoms with Crippen molar-refractivity contribution in [2.75, 3.05) is 6.61 Å². The van der Waals surface area contributed by atoms with Gasteiger partial charge in [-0.25, -0.2) is 9.18 Å². The number of esters is 1. The monoisotopic (exact) mass is 297 g/mol. The van der Waals surface area contributed by atoms with E-state index in [9.17, 15) is 18.0 Å². The van der Waals surface area contributed by atoms with E-state index in [0.29, 0.717) is 0 Å². The first kappa shape index (κ1) is 17.7. The lowest BCUT2D eigenvalue weighted by atomic mass is 9.97. The smallest absolute Gasteiger partial charge is 0.379 e. The van der Waals surface area contributed by atoms with Gasteiger partial charge in [-0.15, -0.1) is 12.4 Å². The van der Waals surface area contributed by atoms with Gasteiger partial charge in [0.15, 0.2) is 0 Å². The van der Waals surface area contributed by atoms with Crippen LogP contribution in [0.2, 0.25) is 0 Å². The summed E-state index contributed by atoms with van der Waals surface area (Å²) < 4.78 is 44.5. The van der Waals surface area contributed by atoms with Crippen molar-refractivity contribution in [3.05, 3.63) is 35.1 Å². The zero-order chi connectivity index (χ0) is 13.9. The van der Waals surface area contributed by atoms with Gasteiger partial charge >= 0.3 is 11.9 Å². The number of halogens is 4. The van der Waals surface area contributed by atoms with E-state index >= 15 is 0 Å². The van der Waals surface area contributed by atoms with Crippen molar-refractivity contribution in [3.63, 3.8) is 0 Å². The lowest BCUT2D eigenvalue weighted by molar-refractivity contribution is -0.174. The molecule has 0 aliphatic heterocycles. The van der Waals surface area contributed by atoms with Crippen LogP contribution in [0.3, 0.4) is 0 Å². The van der Waals surface area contributed by atoms with E-state index in [1.54, 1.807) is 0 Å². The molecule has 0 fully saturated rings. The molecule has 0 saturated heterocycles. The average molecular weight is 298 g/mol. The van der Waals surface area contributed by atoms with Gasteiger partial charge in [0.25, 0.3) is 0 Å². The highest BCUT2D eigenvalue weighted by atomic mass is 35.5. The summed E-state index contributed by atoms with van der Waals surface area (Å²) in [6, 6.07) is 1.37. The first-order valence-electron chi connectivity index (χ1n) is 5.37. The Bertz CT molecular complexity index is 455. The van der Waals surface area contributed by atoms with Crippen LogP contribution in [0, 0.1) is 12.7 Å². The highest BCUT2D eigenvalue weighted by molar-refractivity contribution is 5.85. The number of benzene rings is 1. The maximum absolute atomic E-state index is 13.7. The van der Waals surface area contributed by atoms with Gasteiger partial charge in [-0.05, 0) is 37.1 Å². The Morgan fingerprint density at radius 2 is 2.05 bits per heavy atom. The van der Waals surface area contributed by atoms with Crippen molar-refractivity contribution in [1.82, 2.24) is 0 Å². The summed E-state index contributed by atoms with van der Waals surface area (Å²) in [5.41, 5.74) is 5.65. The number of carbonyl (C=O) groups is 1. The SMILES string of the molecule is CCOC(=O)C(F)(F)[C@H](N)c1ccc(F)cc1C.Cl. The molecule has 0 heterocycles. The van der Waals surface area contributed by atoms with Gasteiger partial charge in [0.05, 0.1) is 6.61 Å². The normalized spacial score (nSPS) is 12.5. The fourth-order valence-electron chi connectivity index (χ4n) is 1.54. The molecule has 0 saturated carbocycles. The minimum Gasteiger partial charge on any atom is -0.462 e. The highest BCUT2D eigenvalue weighted by Crippen LogP contribution is 2.32. The van der Waals surface area contributed by atoms with Crippen molar-refractivity contribution in [2.24, 2.45) is 5.73 Å². The van der Waals surface area contributed by atoms with E-state index in [1.807, 2.05) is 0 Å². The molecule has 2 N–H and O–H groups in total. The molecule has 1 aromatic rings. The fraction of sp³-hybridized carbons (Fsp3) is 0.417. The van der Waals surface area contributed by atoms with Crippen LogP contribution in [0.1, 0.15) is 24.1 Å². The van der Waals surface area contributed by atoms with Gasteiger partial charge in [0, 0.05) is 0 Å². The van der Waals surface area contributed by atoms with Gasteiger partial charge in [-0.3, -0.25) is 0 Å². The number of hydrogen-bond acceptors (Lipinski definition) is 3. The fourth-order valence-corrected chi connectivity index (χ4v) is 1.54. The van der Waals surface area contributed by atoms with Crippen LogP contribution >= 0.6 is 12.4 Å².